The maximum atomic E-state index is 9.14. The number of nitriles is 2. The molecule has 0 N–H and O–H groups in total. The molecule has 1 atom stereocenters. The first-order valence-corrected chi connectivity index (χ1v) is 8.01. The summed E-state index contributed by atoms with van der Waals surface area (Å²) >= 11 is 3.51. The van der Waals surface area contributed by atoms with Crippen LogP contribution in [0.2, 0.25) is 0 Å². The van der Waals surface area contributed by atoms with Crippen LogP contribution in [0.4, 0.5) is 5.69 Å². The highest BCUT2D eigenvalue weighted by Gasteiger charge is 2.20. The molecule has 0 amide bonds. The summed E-state index contributed by atoms with van der Waals surface area (Å²) in [5, 5.41) is 17.8. The average Bonchev–Trinajstić information content (AvgIpc) is 2.52. The van der Waals surface area contributed by atoms with E-state index in [9.17, 15) is 0 Å². The lowest BCUT2D eigenvalue weighted by atomic mass is 10.0. The fourth-order valence-corrected chi connectivity index (χ4v) is 3.00. The molecule has 0 aliphatic carbocycles. The lowest BCUT2D eigenvalue weighted by molar-refractivity contribution is 0.233. The van der Waals surface area contributed by atoms with Gasteiger partial charge in [-0.2, -0.15) is 10.5 Å². The van der Waals surface area contributed by atoms with Crippen molar-refractivity contribution in [1.29, 1.82) is 10.5 Å². The van der Waals surface area contributed by atoms with Crippen LogP contribution in [-0.4, -0.2) is 37.6 Å². The monoisotopic (exact) mass is 346 g/mol. The molecule has 21 heavy (non-hydrogen) atoms. The quantitative estimate of drug-likeness (QED) is 0.822. The molecule has 0 aromatic heterocycles. The van der Waals surface area contributed by atoms with Crippen molar-refractivity contribution in [2.24, 2.45) is 5.92 Å². The third-order valence-electron chi connectivity index (χ3n) is 3.81. The molecule has 1 aliphatic rings. The van der Waals surface area contributed by atoms with Crippen molar-refractivity contribution in [3.63, 3.8) is 0 Å². The minimum absolute atomic E-state index is 0.0259. The zero-order valence-electron chi connectivity index (χ0n) is 12.0. The highest BCUT2D eigenvalue weighted by Crippen LogP contribution is 2.21. The van der Waals surface area contributed by atoms with E-state index in [0.717, 1.165) is 37.2 Å². The van der Waals surface area contributed by atoms with E-state index >= 15 is 0 Å². The predicted molar refractivity (Wildman–Crippen MR) is 86.7 cm³/mol. The smallest absolute Gasteiger partial charge is 0.0669 e. The Morgan fingerprint density at radius 1 is 1.19 bits per heavy atom. The number of piperazine rings is 1. The third kappa shape index (κ3) is 4.74. The van der Waals surface area contributed by atoms with Crippen molar-refractivity contribution in [3.05, 3.63) is 28.7 Å². The van der Waals surface area contributed by atoms with Crippen molar-refractivity contribution in [3.8, 4) is 12.1 Å². The second-order valence-corrected chi connectivity index (χ2v) is 6.21. The van der Waals surface area contributed by atoms with Crippen LogP contribution in [0.15, 0.2) is 28.7 Å². The summed E-state index contributed by atoms with van der Waals surface area (Å²) in [5.41, 5.74) is 1.24. The highest BCUT2D eigenvalue weighted by molar-refractivity contribution is 9.10. The van der Waals surface area contributed by atoms with Crippen LogP contribution in [0.25, 0.3) is 0 Å². The molecule has 5 heteroatoms. The Morgan fingerprint density at radius 3 is 2.57 bits per heavy atom. The maximum absolute atomic E-state index is 9.14. The molecule has 1 aromatic carbocycles. The van der Waals surface area contributed by atoms with Crippen LogP contribution < -0.4 is 4.90 Å². The van der Waals surface area contributed by atoms with E-state index in [0.29, 0.717) is 12.8 Å². The number of hydrogen-bond acceptors (Lipinski definition) is 4. The number of anilines is 1. The number of benzene rings is 1. The summed E-state index contributed by atoms with van der Waals surface area (Å²) in [5.74, 6) is -0.0259. The van der Waals surface area contributed by atoms with Gasteiger partial charge in [0.25, 0.3) is 0 Å². The summed E-state index contributed by atoms with van der Waals surface area (Å²) < 4.78 is 1.10. The predicted octanol–water partition coefficient (Wildman–Crippen LogP) is 3.01. The van der Waals surface area contributed by atoms with E-state index in [1.807, 2.05) is 6.07 Å². The molecule has 0 radical (unpaired) electrons. The van der Waals surface area contributed by atoms with Gasteiger partial charge < -0.3 is 4.90 Å². The van der Waals surface area contributed by atoms with E-state index in [2.05, 4.69) is 56.1 Å². The first-order chi connectivity index (χ1) is 10.2. The molecule has 110 valence electrons. The Hall–Kier alpha value is -1.56. The van der Waals surface area contributed by atoms with Gasteiger partial charge in [-0.25, -0.2) is 0 Å². The van der Waals surface area contributed by atoms with E-state index in [1.54, 1.807) is 0 Å². The molecular weight excluding hydrogens is 328 g/mol. The SMILES string of the molecule is N#CCC[C@H](C#N)CN1CCN(c2cccc(Br)c2)CC1. The fourth-order valence-electron chi connectivity index (χ4n) is 2.61. The summed E-state index contributed by atoms with van der Waals surface area (Å²) in [6.07, 6.45) is 1.15. The van der Waals surface area contributed by atoms with Gasteiger partial charge in [-0.3, -0.25) is 4.90 Å². The van der Waals surface area contributed by atoms with Gasteiger partial charge in [0.05, 0.1) is 18.1 Å². The molecule has 1 aromatic rings. The molecule has 0 unspecified atom stereocenters. The zero-order valence-corrected chi connectivity index (χ0v) is 13.6. The van der Waals surface area contributed by atoms with Gasteiger partial charge in [0.1, 0.15) is 0 Å². The second-order valence-electron chi connectivity index (χ2n) is 5.29. The van der Waals surface area contributed by atoms with Crippen LogP contribution in [0.5, 0.6) is 0 Å². The molecule has 1 aliphatic heterocycles. The molecular formula is C16H19BrN4. The normalized spacial score (nSPS) is 17.0. The van der Waals surface area contributed by atoms with Gasteiger partial charge in [-0.05, 0) is 24.6 Å². The van der Waals surface area contributed by atoms with Crippen molar-refractivity contribution < 1.29 is 0 Å². The molecule has 1 heterocycles. The van der Waals surface area contributed by atoms with Crippen LogP contribution in [0, 0.1) is 28.6 Å². The first kappa shape index (κ1) is 15.8. The Balaban J connectivity index is 1.83. The lowest BCUT2D eigenvalue weighted by Gasteiger charge is -2.36. The molecule has 2 rings (SSSR count). The van der Waals surface area contributed by atoms with Gasteiger partial charge in [-0.15, -0.1) is 0 Å². The lowest BCUT2D eigenvalue weighted by Crippen LogP contribution is -2.47. The summed E-state index contributed by atoms with van der Waals surface area (Å²) in [6.45, 7) is 4.68. The molecule has 0 bridgehead atoms. The first-order valence-electron chi connectivity index (χ1n) is 7.22. The maximum Gasteiger partial charge on any atom is 0.0669 e. The van der Waals surface area contributed by atoms with Gasteiger partial charge in [0.2, 0.25) is 0 Å². The zero-order chi connectivity index (χ0) is 15.1. The van der Waals surface area contributed by atoms with E-state index < -0.39 is 0 Å². The van der Waals surface area contributed by atoms with Crippen molar-refractivity contribution in [1.82, 2.24) is 4.90 Å². The van der Waals surface area contributed by atoms with Crippen molar-refractivity contribution in [2.45, 2.75) is 12.8 Å². The van der Waals surface area contributed by atoms with Crippen LogP contribution >= 0.6 is 15.9 Å². The molecule has 4 nitrogen and oxygen atoms in total. The van der Waals surface area contributed by atoms with E-state index in [1.165, 1.54) is 5.69 Å². The van der Waals surface area contributed by atoms with Gasteiger partial charge in [0.15, 0.2) is 0 Å². The number of nitrogens with zero attached hydrogens (tertiary/aromatic N) is 4. The van der Waals surface area contributed by atoms with Gasteiger partial charge in [0, 0.05) is 49.3 Å². The van der Waals surface area contributed by atoms with Gasteiger partial charge in [-0.1, -0.05) is 22.0 Å². The Bertz CT molecular complexity index is 538. The molecule has 0 spiro atoms. The van der Waals surface area contributed by atoms with E-state index in [4.69, 9.17) is 10.5 Å². The fraction of sp³-hybridized carbons (Fsp3) is 0.500. The standard InChI is InChI=1S/C16H19BrN4/c17-15-4-1-5-16(11-15)21-9-7-20(8-10-21)13-14(12-19)3-2-6-18/h1,4-5,11,14H,2-3,7-10,13H2/t14-/m1/s1. The number of halogens is 1. The summed E-state index contributed by atoms with van der Waals surface area (Å²) in [4.78, 5) is 4.71. The topological polar surface area (TPSA) is 54.1 Å². The van der Waals surface area contributed by atoms with E-state index in [-0.39, 0.29) is 5.92 Å². The molecule has 0 saturated carbocycles. The minimum atomic E-state index is -0.0259. The average molecular weight is 347 g/mol. The number of rotatable bonds is 5. The Kier molecular flexibility index (Phi) is 6.04. The Morgan fingerprint density at radius 2 is 1.95 bits per heavy atom. The largest absolute Gasteiger partial charge is 0.369 e. The van der Waals surface area contributed by atoms with Crippen LogP contribution in [0.1, 0.15) is 12.8 Å². The Labute approximate surface area is 134 Å². The van der Waals surface area contributed by atoms with Gasteiger partial charge >= 0.3 is 0 Å². The molecule has 1 fully saturated rings. The highest BCUT2D eigenvalue weighted by atomic mass is 79.9. The van der Waals surface area contributed by atoms with Crippen LogP contribution in [0.3, 0.4) is 0 Å². The van der Waals surface area contributed by atoms with Crippen molar-refractivity contribution >= 4 is 21.6 Å². The summed E-state index contributed by atoms with van der Waals surface area (Å²) in [6, 6.07) is 12.8. The van der Waals surface area contributed by atoms with Crippen LogP contribution in [-0.2, 0) is 0 Å². The summed E-state index contributed by atoms with van der Waals surface area (Å²) in [7, 11) is 0. The second kappa shape index (κ2) is 8.02. The molecule has 1 saturated heterocycles. The number of hydrogen-bond donors (Lipinski definition) is 0. The minimum Gasteiger partial charge on any atom is -0.369 e. The van der Waals surface area contributed by atoms with Crippen molar-refractivity contribution in [2.75, 3.05) is 37.6 Å². The third-order valence-corrected chi connectivity index (χ3v) is 4.30.